The first kappa shape index (κ1) is 21.0. The van der Waals surface area contributed by atoms with E-state index in [1.165, 1.54) is 0 Å². The Labute approximate surface area is 172 Å². The molecule has 1 N–H and O–H groups in total. The van der Waals surface area contributed by atoms with E-state index in [1.54, 1.807) is 11.0 Å². The average Bonchev–Trinajstić information content (AvgIpc) is 3.10. The van der Waals surface area contributed by atoms with Crippen LogP contribution in [-0.2, 0) is 14.4 Å². The number of benzene rings is 1. The van der Waals surface area contributed by atoms with Crippen molar-refractivity contribution >= 4 is 23.4 Å². The van der Waals surface area contributed by atoms with Crippen LogP contribution in [0.25, 0.3) is 0 Å². The minimum atomic E-state index is -0.301. The topological polar surface area (TPSA) is 73.0 Å². The first-order valence-electron chi connectivity index (χ1n) is 10.2. The van der Waals surface area contributed by atoms with Crippen LogP contribution in [0.15, 0.2) is 30.9 Å². The third kappa shape index (κ3) is 4.85. The van der Waals surface area contributed by atoms with Crippen molar-refractivity contribution in [2.75, 3.05) is 50.7 Å². The van der Waals surface area contributed by atoms with E-state index in [-0.39, 0.29) is 30.1 Å². The second-order valence-electron chi connectivity index (χ2n) is 7.82. The Hall–Kier alpha value is -2.67. The lowest BCUT2D eigenvalue weighted by Gasteiger charge is -2.35. The standard InChI is InChI=1S/C22H30N4O3/c1-4-8-23-20(27)15-24-9-11-25(12-10-24)22(29)18-13-21(28)26(14-18)19-7-5-6-16(2)17(19)3/h4-7,18H,1,8-15H2,2-3H3,(H,23,27). The number of rotatable bonds is 6. The van der Waals surface area contributed by atoms with Gasteiger partial charge in [-0.1, -0.05) is 18.2 Å². The van der Waals surface area contributed by atoms with Crippen LogP contribution in [0.3, 0.4) is 0 Å². The zero-order valence-electron chi connectivity index (χ0n) is 17.3. The van der Waals surface area contributed by atoms with Gasteiger partial charge in [0.15, 0.2) is 0 Å². The number of nitrogens with zero attached hydrogens (tertiary/aromatic N) is 3. The lowest BCUT2D eigenvalue weighted by molar-refractivity contribution is -0.137. The molecule has 2 aliphatic heterocycles. The Kier molecular flexibility index (Phi) is 6.69. The molecular formula is C22H30N4O3. The molecule has 0 aliphatic carbocycles. The van der Waals surface area contributed by atoms with Gasteiger partial charge >= 0.3 is 0 Å². The third-order valence-electron chi connectivity index (χ3n) is 5.84. The summed E-state index contributed by atoms with van der Waals surface area (Å²) in [5.41, 5.74) is 3.12. The number of carbonyl (C=O) groups excluding carboxylic acids is 3. The van der Waals surface area contributed by atoms with E-state index >= 15 is 0 Å². The molecule has 1 aromatic rings. The van der Waals surface area contributed by atoms with Crippen molar-refractivity contribution in [3.63, 3.8) is 0 Å². The van der Waals surface area contributed by atoms with Gasteiger partial charge in [0.05, 0.1) is 12.5 Å². The van der Waals surface area contributed by atoms with Gasteiger partial charge < -0.3 is 15.1 Å². The molecule has 0 spiro atoms. The van der Waals surface area contributed by atoms with Gasteiger partial charge in [-0.25, -0.2) is 0 Å². The normalized spacial score (nSPS) is 20.1. The first-order valence-corrected chi connectivity index (χ1v) is 10.2. The summed E-state index contributed by atoms with van der Waals surface area (Å²) < 4.78 is 0. The molecule has 0 aromatic heterocycles. The van der Waals surface area contributed by atoms with Crippen LogP contribution in [0.1, 0.15) is 17.5 Å². The lowest BCUT2D eigenvalue weighted by atomic mass is 10.1. The summed E-state index contributed by atoms with van der Waals surface area (Å²) in [6, 6.07) is 5.92. The molecule has 0 saturated carbocycles. The van der Waals surface area contributed by atoms with E-state index in [4.69, 9.17) is 0 Å². The van der Waals surface area contributed by atoms with Crippen molar-refractivity contribution in [2.24, 2.45) is 5.92 Å². The Morgan fingerprint density at radius 1 is 1.21 bits per heavy atom. The summed E-state index contributed by atoms with van der Waals surface area (Å²) in [5, 5.41) is 2.77. The molecule has 29 heavy (non-hydrogen) atoms. The van der Waals surface area contributed by atoms with Crippen molar-refractivity contribution in [3.8, 4) is 0 Å². The molecule has 3 amide bonds. The Morgan fingerprint density at radius 2 is 1.93 bits per heavy atom. The van der Waals surface area contributed by atoms with Crippen LogP contribution in [0.4, 0.5) is 5.69 Å². The van der Waals surface area contributed by atoms with Gasteiger partial charge in [-0.05, 0) is 31.0 Å². The number of amides is 3. The number of hydrogen-bond donors (Lipinski definition) is 1. The summed E-state index contributed by atoms with van der Waals surface area (Å²) in [7, 11) is 0. The van der Waals surface area contributed by atoms with E-state index in [2.05, 4.69) is 11.9 Å². The van der Waals surface area contributed by atoms with Crippen molar-refractivity contribution in [1.82, 2.24) is 15.1 Å². The van der Waals surface area contributed by atoms with E-state index in [1.807, 2.05) is 41.8 Å². The molecule has 3 rings (SSSR count). The molecule has 2 heterocycles. The highest BCUT2D eigenvalue weighted by molar-refractivity contribution is 6.01. The van der Waals surface area contributed by atoms with Gasteiger partial charge in [0, 0.05) is 51.4 Å². The SMILES string of the molecule is C=CCNC(=O)CN1CCN(C(=O)C2CC(=O)N(c3cccc(C)c3C)C2)CC1. The molecule has 7 nitrogen and oxygen atoms in total. The van der Waals surface area contributed by atoms with Gasteiger partial charge in [0.2, 0.25) is 17.7 Å². The summed E-state index contributed by atoms with van der Waals surface area (Å²) in [4.78, 5) is 43.0. The highest BCUT2D eigenvalue weighted by Crippen LogP contribution is 2.30. The number of anilines is 1. The Bertz CT molecular complexity index is 799. The van der Waals surface area contributed by atoms with Crippen LogP contribution >= 0.6 is 0 Å². The molecule has 7 heteroatoms. The van der Waals surface area contributed by atoms with Crippen LogP contribution in [0.5, 0.6) is 0 Å². The molecule has 0 bridgehead atoms. The Morgan fingerprint density at radius 3 is 2.62 bits per heavy atom. The number of aryl methyl sites for hydroxylation is 1. The predicted octanol–water partition coefficient (Wildman–Crippen LogP) is 1.10. The second-order valence-corrected chi connectivity index (χ2v) is 7.82. The minimum Gasteiger partial charge on any atom is -0.352 e. The minimum absolute atomic E-state index is 0.00887. The quantitative estimate of drug-likeness (QED) is 0.729. The summed E-state index contributed by atoms with van der Waals surface area (Å²) >= 11 is 0. The van der Waals surface area contributed by atoms with Gasteiger partial charge in [0.1, 0.15) is 0 Å². The molecular weight excluding hydrogens is 368 g/mol. The van der Waals surface area contributed by atoms with Gasteiger partial charge in [-0.2, -0.15) is 0 Å². The summed E-state index contributed by atoms with van der Waals surface area (Å²) in [5.74, 6) is -0.281. The number of nitrogens with one attached hydrogen (secondary N) is 1. The van der Waals surface area contributed by atoms with E-state index < -0.39 is 0 Å². The largest absolute Gasteiger partial charge is 0.352 e. The highest BCUT2D eigenvalue weighted by atomic mass is 16.2. The molecule has 2 fully saturated rings. The molecule has 156 valence electrons. The molecule has 0 radical (unpaired) electrons. The molecule has 1 unspecified atom stereocenters. The fourth-order valence-corrected chi connectivity index (χ4v) is 3.96. The number of piperazine rings is 1. The van der Waals surface area contributed by atoms with Crippen LogP contribution in [0, 0.1) is 19.8 Å². The molecule has 1 atom stereocenters. The maximum absolute atomic E-state index is 13.0. The first-order chi connectivity index (χ1) is 13.9. The van der Waals surface area contributed by atoms with Crippen molar-refractivity contribution < 1.29 is 14.4 Å². The fourth-order valence-electron chi connectivity index (χ4n) is 3.96. The van der Waals surface area contributed by atoms with Crippen molar-refractivity contribution in [3.05, 3.63) is 42.0 Å². The second kappa shape index (κ2) is 9.22. The highest BCUT2D eigenvalue weighted by Gasteiger charge is 2.38. The lowest BCUT2D eigenvalue weighted by Crippen LogP contribution is -2.52. The monoisotopic (exact) mass is 398 g/mol. The fraction of sp³-hybridized carbons (Fsp3) is 0.500. The number of hydrogen-bond acceptors (Lipinski definition) is 4. The van der Waals surface area contributed by atoms with E-state index in [0.29, 0.717) is 45.8 Å². The van der Waals surface area contributed by atoms with Gasteiger partial charge in [-0.15, -0.1) is 6.58 Å². The maximum atomic E-state index is 13.0. The summed E-state index contributed by atoms with van der Waals surface area (Å²) in [6.07, 6.45) is 1.91. The third-order valence-corrected chi connectivity index (χ3v) is 5.84. The van der Waals surface area contributed by atoms with Crippen LogP contribution in [0.2, 0.25) is 0 Å². The predicted molar refractivity (Wildman–Crippen MR) is 113 cm³/mol. The maximum Gasteiger partial charge on any atom is 0.234 e. The van der Waals surface area contributed by atoms with Gasteiger partial charge in [-0.3, -0.25) is 19.3 Å². The van der Waals surface area contributed by atoms with Crippen LogP contribution in [-0.4, -0.2) is 73.3 Å². The molecule has 2 aliphatic rings. The zero-order valence-corrected chi connectivity index (χ0v) is 17.3. The van der Waals surface area contributed by atoms with Crippen molar-refractivity contribution in [2.45, 2.75) is 20.3 Å². The zero-order chi connectivity index (χ0) is 21.0. The van der Waals surface area contributed by atoms with E-state index in [0.717, 1.165) is 16.8 Å². The average molecular weight is 399 g/mol. The van der Waals surface area contributed by atoms with Gasteiger partial charge in [0.25, 0.3) is 0 Å². The number of carbonyl (C=O) groups is 3. The van der Waals surface area contributed by atoms with Crippen LogP contribution < -0.4 is 10.2 Å². The summed E-state index contributed by atoms with van der Waals surface area (Å²) in [6.45, 7) is 11.3. The molecule has 2 saturated heterocycles. The van der Waals surface area contributed by atoms with E-state index in [9.17, 15) is 14.4 Å². The Balaban J connectivity index is 1.54. The molecule has 1 aromatic carbocycles. The van der Waals surface area contributed by atoms with Crippen molar-refractivity contribution in [1.29, 1.82) is 0 Å². The smallest absolute Gasteiger partial charge is 0.234 e.